The summed E-state index contributed by atoms with van der Waals surface area (Å²) < 4.78 is 24.8. The summed E-state index contributed by atoms with van der Waals surface area (Å²) >= 11 is 0. The average molecular weight is 318 g/mol. The van der Waals surface area contributed by atoms with Crippen LogP contribution < -0.4 is 5.32 Å². The van der Waals surface area contributed by atoms with Gasteiger partial charge in [-0.3, -0.25) is 9.59 Å². The van der Waals surface area contributed by atoms with Crippen LogP contribution in [0.1, 0.15) is 38.5 Å². The van der Waals surface area contributed by atoms with Gasteiger partial charge in [-0.2, -0.15) is 4.31 Å². The molecule has 0 spiro atoms. The van der Waals surface area contributed by atoms with Crippen molar-refractivity contribution in [2.24, 2.45) is 5.92 Å². The minimum Gasteiger partial charge on any atom is -0.481 e. The molecular formula is C13H22N2O5S. The first kappa shape index (κ1) is 16.2. The zero-order valence-electron chi connectivity index (χ0n) is 12.1. The van der Waals surface area contributed by atoms with E-state index in [0.29, 0.717) is 13.0 Å². The zero-order chi connectivity index (χ0) is 15.6. The van der Waals surface area contributed by atoms with Gasteiger partial charge < -0.3 is 10.4 Å². The van der Waals surface area contributed by atoms with E-state index >= 15 is 0 Å². The van der Waals surface area contributed by atoms with Gasteiger partial charge in [-0.15, -0.1) is 0 Å². The third-order valence-electron chi connectivity index (χ3n) is 4.10. The Bertz CT molecular complexity index is 515. The van der Waals surface area contributed by atoms with Crippen LogP contribution in [0.25, 0.3) is 0 Å². The normalized spacial score (nSPS) is 25.3. The molecule has 1 saturated heterocycles. The number of nitrogens with zero attached hydrogens (tertiary/aromatic N) is 1. The van der Waals surface area contributed by atoms with Crippen molar-refractivity contribution in [2.45, 2.75) is 50.6 Å². The number of hydrogen-bond donors (Lipinski definition) is 2. The summed E-state index contributed by atoms with van der Waals surface area (Å²) in [4.78, 5) is 23.2. The van der Waals surface area contributed by atoms with E-state index in [-0.39, 0.29) is 18.2 Å². The number of carbonyl (C=O) groups excluding carboxylic acids is 1. The van der Waals surface area contributed by atoms with Crippen molar-refractivity contribution < 1.29 is 23.1 Å². The number of sulfonamides is 1. The lowest BCUT2D eigenvalue weighted by Gasteiger charge is -2.33. The zero-order valence-corrected chi connectivity index (χ0v) is 12.9. The summed E-state index contributed by atoms with van der Waals surface area (Å²) in [6.07, 6.45) is 4.87. The van der Waals surface area contributed by atoms with E-state index in [1.165, 1.54) is 4.31 Å². The smallest absolute Gasteiger partial charge is 0.305 e. The molecule has 2 unspecified atom stereocenters. The molecule has 1 aliphatic heterocycles. The minimum atomic E-state index is -3.43. The third-order valence-corrected chi connectivity index (χ3v) is 5.38. The van der Waals surface area contributed by atoms with Gasteiger partial charge >= 0.3 is 5.97 Å². The highest BCUT2D eigenvalue weighted by atomic mass is 32.2. The van der Waals surface area contributed by atoms with Gasteiger partial charge in [0.2, 0.25) is 15.9 Å². The topological polar surface area (TPSA) is 104 Å². The molecule has 0 bridgehead atoms. The molecule has 120 valence electrons. The van der Waals surface area contributed by atoms with Crippen molar-refractivity contribution in [3.63, 3.8) is 0 Å². The highest BCUT2D eigenvalue weighted by Gasteiger charge is 2.38. The predicted molar refractivity (Wildman–Crippen MR) is 76.1 cm³/mol. The fourth-order valence-electron chi connectivity index (χ4n) is 2.87. The molecule has 0 radical (unpaired) electrons. The molecule has 0 aromatic rings. The van der Waals surface area contributed by atoms with E-state index in [2.05, 4.69) is 5.32 Å². The Morgan fingerprint density at radius 3 is 2.48 bits per heavy atom. The summed E-state index contributed by atoms with van der Waals surface area (Å²) in [5, 5.41) is 11.7. The first-order chi connectivity index (χ1) is 9.79. The monoisotopic (exact) mass is 318 g/mol. The summed E-state index contributed by atoms with van der Waals surface area (Å²) in [6.45, 7) is 0.351. The number of hydrogen-bond acceptors (Lipinski definition) is 4. The summed E-state index contributed by atoms with van der Waals surface area (Å²) in [6, 6.07) is -1.10. The first-order valence-electron chi connectivity index (χ1n) is 7.28. The van der Waals surface area contributed by atoms with Crippen LogP contribution in [0.5, 0.6) is 0 Å². The molecule has 7 nitrogen and oxygen atoms in total. The second kappa shape index (κ2) is 6.31. The molecular weight excluding hydrogens is 296 g/mol. The van der Waals surface area contributed by atoms with Gasteiger partial charge in [-0.1, -0.05) is 6.42 Å². The van der Waals surface area contributed by atoms with Gasteiger partial charge in [0, 0.05) is 12.6 Å². The predicted octanol–water partition coefficient (Wildman–Crippen LogP) is 0.170. The molecule has 2 atom stereocenters. The van der Waals surface area contributed by atoms with Crippen molar-refractivity contribution in [3.05, 3.63) is 0 Å². The van der Waals surface area contributed by atoms with Gasteiger partial charge in [0.15, 0.2) is 0 Å². The fraction of sp³-hybridized carbons (Fsp3) is 0.846. The summed E-state index contributed by atoms with van der Waals surface area (Å²) in [7, 11) is -3.43. The molecule has 21 heavy (non-hydrogen) atoms. The Morgan fingerprint density at radius 1 is 1.29 bits per heavy atom. The molecule has 1 saturated carbocycles. The van der Waals surface area contributed by atoms with E-state index in [0.717, 1.165) is 31.9 Å². The number of carboxylic acid groups (broad SMARTS) is 1. The van der Waals surface area contributed by atoms with Crippen LogP contribution in [-0.2, 0) is 19.6 Å². The van der Waals surface area contributed by atoms with Crippen molar-refractivity contribution in [3.8, 4) is 0 Å². The fourth-order valence-corrected chi connectivity index (χ4v) is 3.99. The lowest BCUT2D eigenvalue weighted by atomic mass is 10.0. The van der Waals surface area contributed by atoms with Crippen LogP contribution in [0.4, 0.5) is 0 Å². The number of piperidine rings is 1. The van der Waals surface area contributed by atoms with Crippen LogP contribution in [0.3, 0.4) is 0 Å². The molecule has 2 fully saturated rings. The lowest BCUT2D eigenvalue weighted by Crippen LogP contribution is -2.54. The highest BCUT2D eigenvalue weighted by molar-refractivity contribution is 7.88. The maximum atomic E-state index is 12.4. The van der Waals surface area contributed by atoms with Gasteiger partial charge in [-0.25, -0.2) is 8.42 Å². The molecule has 1 heterocycles. The van der Waals surface area contributed by atoms with E-state index in [1.54, 1.807) is 0 Å². The number of amides is 1. The van der Waals surface area contributed by atoms with Crippen LogP contribution in [0, 0.1) is 5.92 Å². The minimum absolute atomic E-state index is 0.109. The number of nitrogens with one attached hydrogen (secondary N) is 1. The molecule has 8 heteroatoms. The van der Waals surface area contributed by atoms with Crippen LogP contribution in [-0.4, -0.2) is 54.6 Å². The lowest BCUT2D eigenvalue weighted by molar-refractivity contribution is -0.138. The second-order valence-electron chi connectivity index (χ2n) is 5.94. The van der Waals surface area contributed by atoms with E-state index in [9.17, 15) is 18.0 Å². The van der Waals surface area contributed by atoms with Gasteiger partial charge in [0.25, 0.3) is 0 Å². The first-order valence-corrected chi connectivity index (χ1v) is 9.13. The number of aliphatic carboxylic acids is 1. The Labute approximate surface area is 124 Å². The Kier molecular flexibility index (Phi) is 4.88. The number of rotatable bonds is 6. The van der Waals surface area contributed by atoms with Gasteiger partial charge in [0.05, 0.1) is 12.7 Å². The van der Waals surface area contributed by atoms with E-state index < -0.39 is 28.1 Å². The SMILES string of the molecule is CS(=O)(=O)N1CCCCC1C(=O)NC(CC(=O)O)C1CC1. The van der Waals surface area contributed by atoms with Crippen molar-refractivity contribution in [1.82, 2.24) is 9.62 Å². The summed E-state index contributed by atoms with van der Waals surface area (Å²) in [5.74, 6) is -1.10. The Morgan fingerprint density at radius 2 is 1.95 bits per heavy atom. The average Bonchev–Trinajstić information content (AvgIpc) is 3.20. The standard InChI is InChI=1S/C13H22N2O5S/c1-21(19,20)15-7-3-2-4-11(15)13(18)14-10(8-12(16)17)9-5-6-9/h9-11H,2-8H2,1H3,(H,14,18)(H,16,17). The van der Waals surface area contributed by atoms with E-state index in [4.69, 9.17) is 5.11 Å². The molecule has 0 aromatic carbocycles. The van der Waals surface area contributed by atoms with Crippen LogP contribution in [0.15, 0.2) is 0 Å². The molecule has 1 amide bonds. The van der Waals surface area contributed by atoms with Crippen LogP contribution >= 0.6 is 0 Å². The number of carbonyl (C=O) groups is 2. The molecule has 1 aliphatic carbocycles. The second-order valence-corrected chi connectivity index (χ2v) is 7.87. The molecule has 2 aliphatic rings. The molecule has 2 N–H and O–H groups in total. The van der Waals surface area contributed by atoms with Gasteiger partial charge in [-0.05, 0) is 31.6 Å². The highest BCUT2D eigenvalue weighted by Crippen LogP contribution is 2.34. The Balaban J connectivity index is 2.04. The van der Waals surface area contributed by atoms with Crippen molar-refractivity contribution in [1.29, 1.82) is 0 Å². The molecule has 0 aromatic heterocycles. The van der Waals surface area contributed by atoms with Crippen molar-refractivity contribution in [2.75, 3.05) is 12.8 Å². The molecule has 2 rings (SSSR count). The van der Waals surface area contributed by atoms with Crippen molar-refractivity contribution >= 4 is 21.9 Å². The largest absolute Gasteiger partial charge is 0.481 e. The van der Waals surface area contributed by atoms with Gasteiger partial charge in [0.1, 0.15) is 6.04 Å². The summed E-state index contributed by atoms with van der Waals surface area (Å²) in [5.41, 5.74) is 0. The maximum absolute atomic E-state index is 12.4. The third kappa shape index (κ3) is 4.41. The maximum Gasteiger partial charge on any atom is 0.305 e. The number of carboxylic acids is 1. The van der Waals surface area contributed by atoms with E-state index in [1.807, 2.05) is 0 Å². The van der Waals surface area contributed by atoms with Crippen LogP contribution in [0.2, 0.25) is 0 Å². The quantitative estimate of drug-likeness (QED) is 0.726. The Hall–Kier alpha value is -1.15.